The quantitative estimate of drug-likeness (QED) is 0.723. The number of thioether (sulfide) groups is 1. The third-order valence-electron chi connectivity index (χ3n) is 4.52. The van der Waals surface area contributed by atoms with E-state index in [4.69, 9.17) is 4.74 Å². The number of aryl methyl sites for hydroxylation is 1. The highest BCUT2D eigenvalue weighted by atomic mass is 79.9. The van der Waals surface area contributed by atoms with Crippen LogP contribution in [0.15, 0.2) is 22.7 Å². The van der Waals surface area contributed by atoms with Crippen molar-refractivity contribution in [1.29, 1.82) is 0 Å². The molecule has 3 rings (SSSR count). The maximum Gasteiger partial charge on any atom is 0.289 e. The number of hydrogen-bond donors (Lipinski definition) is 0. The van der Waals surface area contributed by atoms with Gasteiger partial charge in [-0.25, -0.2) is 0 Å². The molecule has 1 aromatic carbocycles. The molecule has 2 heterocycles. The van der Waals surface area contributed by atoms with Gasteiger partial charge in [0.1, 0.15) is 5.75 Å². The van der Waals surface area contributed by atoms with Gasteiger partial charge in [0.15, 0.2) is 0 Å². The summed E-state index contributed by atoms with van der Waals surface area (Å²) >= 11 is 4.47. The van der Waals surface area contributed by atoms with Gasteiger partial charge in [0.2, 0.25) is 11.8 Å². The van der Waals surface area contributed by atoms with Crippen molar-refractivity contribution in [2.75, 3.05) is 26.0 Å². The van der Waals surface area contributed by atoms with Crippen LogP contribution in [0.2, 0.25) is 0 Å². The van der Waals surface area contributed by atoms with Gasteiger partial charge in [-0.15, -0.1) is 0 Å². The van der Waals surface area contributed by atoms with Gasteiger partial charge in [-0.2, -0.15) is 0 Å². The SMILES string of the molecule is COc1ccc(Br)cc1CCC(=O)N1CCC(N2C(=O)CSC2=O)C1. The monoisotopic (exact) mass is 426 g/mol. The molecule has 0 bridgehead atoms. The van der Waals surface area contributed by atoms with Gasteiger partial charge in [0.25, 0.3) is 5.24 Å². The van der Waals surface area contributed by atoms with E-state index < -0.39 is 0 Å². The number of amides is 3. The number of imide groups is 1. The second-order valence-electron chi connectivity index (χ2n) is 6.06. The van der Waals surface area contributed by atoms with E-state index in [-0.39, 0.29) is 28.8 Å². The molecule has 1 unspecified atom stereocenters. The van der Waals surface area contributed by atoms with Gasteiger partial charge in [0, 0.05) is 24.0 Å². The fraction of sp³-hybridized carbons (Fsp3) is 0.471. The molecule has 2 fully saturated rings. The Labute approximate surface area is 159 Å². The fourth-order valence-electron chi connectivity index (χ4n) is 3.24. The zero-order chi connectivity index (χ0) is 18.0. The van der Waals surface area contributed by atoms with E-state index in [0.717, 1.165) is 27.5 Å². The van der Waals surface area contributed by atoms with Crippen LogP contribution < -0.4 is 4.74 Å². The average Bonchev–Trinajstić information content (AvgIpc) is 3.19. The van der Waals surface area contributed by atoms with Crippen molar-refractivity contribution in [3.63, 3.8) is 0 Å². The summed E-state index contributed by atoms with van der Waals surface area (Å²) in [6.07, 6.45) is 1.61. The molecule has 1 aromatic rings. The first-order chi connectivity index (χ1) is 12.0. The third-order valence-corrected chi connectivity index (χ3v) is 5.84. The Morgan fingerprint density at radius 1 is 1.40 bits per heavy atom. The van der Waals surface area contributed by atoms with Crippen LogP contribution >= 0.6 is 27.7 Å². The number of benzene rings is 1. The standard InChI is InChI=1S/C17H19BrN2O4S/c1-24-14-4-3-12(18)8-11(14)2-5-15(21)19-7-6-13(9-19)20-16(22)10-25-17(20)23/h3-4,8,13H,2,5-7,9-10H2,1H3. The molecule has 25 heavy (non-hydrogen) atoms. The second-order valence-corrected chi connectivity index (χ2v) is 7.90. The zero-order valence-electron chi connectivity index (χ0n) is 13.9. The lowest BCUT2D eigenvalue weighted by atomic mass is 10.1. The molecule has 3 amide bonds. The number of rotatable bonds is 5. The lowest BCUT2D eigenvalue weighted by molar-refractivity contribution is -0.131. The maximum atomic E-state index is 12.5. The topological polar surface area (TPSA) is 66.9 Å². The summed E-state index contributed by atoms with van der Waals surface area (Å²) in [4.78, 5) is 39.2. The Morgan fingerprint density at radius 3 is 2.88 bits per heavy atom. The molecule has 1 atom stereocenters. The van der Waals surface area contributed by atoms with Gasteiger partial charge >= 0.3 is 0 Å². The number of carbonyl (C=O) groups excluding carboxylic acids is 3. The number of carbonyl (C=O) groups is 3. The molecule has 2 aliphatic rings. The minimum absolute atomic E-state index is 0.0382. The summed E-state index contributed by atoms with van der Waals surface area (Å²) in [7, 11) is 1.61. The smallest absolute Gasteiger partial charge is 0.289 e. The Morgan fingerprint density at radius 2 is 2.20 bits per heavy atom. The predicted octanol–water partition coefficient (Wildman–Crippen LogP) is 2.69. The van der Waals surface area contributed by atoms with Crippen LogP contribution in [0.5, 0.6) is 5.75 Å². The van der Waals surface area contributed by atoms with Crippen LogP contribution in [0.1, 0.15) is 18.4 Å². The summed E-state index contributed by atoms with van der Waals surface area (Å²) in [6.45, 7) is 1.02. The van der Waals surface area contributed by atoms with E-state index in [1.807, 2.05) is 18.2 Å². The highest BCUT2D eigenvalue weighted by Crippen LogP contribution is 2.27. The highest BCUT2D eigenvalue weighted by Gasteiger charge is 2.40. The first kappa shape index (κ1) is 18.3. The van der Waals surface area contributed by atoms with E-state index in [1.165, 1.54) is 4.90 Å². The number of halogens is 1. The summed E-state index contributed by atoms with van der Waals surface area (Å²) in [5, 5.41) is -0.192. The van der Waals surface area contributed by atoms with Crippen LogP contribution in [-0.2, 0) is 16.0 Å². The Balaban J connectivity index is 1.57. The normalized spacial score (nSPS) is 20.5. The largest absolute Gasteiger partial charge is 0.496 e. The molecule has 6 nitrogen and oxygen atoms in total. The molecule has 2 aliphatic heterocycles. The van der Waals surface area contributed by atoms with Crippen LogP contribution in [-0.4, -0.2) is 58.8 Å². The minimum Gasteiger partial charge on any atom is -0.496 e. The van der Waals surface area contributed by atoms with E-state index in [2.05, 4.69) is 15.9 Å². The van der Waals surface area contributed by atoms with Gasteiger partial charge in [-0.3, -0.25) is 19.3 Å². The second kappa shape index (κ2) is 7.78. The van der Waals surface area contributed by atoms with Crippen molar-refractivity contribution < 1.29 is 19.1 Å². The molecule has 134 valence electrons. The van der Waals surface area contributed by atoms with Gasteiger partial charge in [-0.05, 0) is 36.6 Å². The van der Waals surface area contributed by atoms with Crippen LogP contribution in [0.4, 0.5) is 4.79 Å². The first-order valence-corrected chi connectivity index (χ1v) is 9.86. The Kier molecular flexibility index (Phi) is 5.68. The third kappa shape index (κ3) is 4.00. The number of nitrogens with zero attached hydrogens (tertiary/aromatic N) is 2. The Bertz CT molecular complexity index is 696. The summed E-state index contributed by atoms with van der Waals surface area (Å²) in [6, 6.07) is 5.55. The molecule has 0 spiro atoms. The fourth-order valence-corrected chi connectivity index (χ4v) is 4.42. The molecule has 0 aromatic heterocycles. The number of ether oxygens (including phenoxy) is 1. The summed E-state index contributed by atoms with van der Waals surface area (Å²) < 4.78 is 6.28. The van der Waals surface area contributed by atoms with Gasteiger partial charge < -0.3 is 9.64 Å². The number of methoxy groups -OCH3 is 1. The highest BCUT2D eigenvalue weighted by molar-refractivity contribution is 9.10. The van der Waals surface area contributed by atoms with Crippen LogP contribution in [0.25, 0.3) is 0 Å². The summed E-state index contributed by atoms with van der Waals surface area (Å²) in [5.74, 6) is 0.872. The lowest BCUT2D eigenvalue weighted by Crippen LogP contribution is -2.41. The average molecular weight is 427 g/mol. The van der Waals surface area contributed by atoms with Crippen molar-refractivity contribution >= 4 is 44.7 Å². The minimum atomic E-state index is -0.192. The van der Waals surface area contributed by atoms with E-state index in [0.29, 0.717) is 32.4 Å². The molecule has 0 radical (unpaired) electrons. The van der Waals surface area contributed by atoms with E-state index >= 15 is 0 Å². The maximum absolute atomic E-state index is 12.5. The lowest BCUT2D eigenvalue weighted by Gasteiger charge is -2.22. The molecular weight excluding hydrogens is 408 g/mol. The van der Waals surface area contributed by atoms with Crippen molar-refractivity contribution in [3.8, 4) is 5.75 Å². The van der Waals surface area contributed by atoms with Crippen molar-refractivity contribution in [2.45, 2.75) is 25.3 Å². The molecule has 2 saturated heterocycles. The van der Waals surface area contributed by atoms with Crippen LogP contribution in [0, 0.1) is 0 Å². The number of hydrogen-bond acceptors (Lipinski definition) is 5. The molecule has 0 N–H and O–H groups in total. The zero-order valence-corrected chi connectivity index (χ0v) is 16.3. The van der Waals surface area contributed by atoms with Crippen molar-refractivity contribution in [1.82, 2.24) is 9.80 Å². The number of likely N-dealkylation sites (tertiary alicyclic amines) is 1. The van der Waals surface area contributed by atoms with Gasteiger partial charge in [-0.1, -0.05) is 27.7 Å². The molecule has 8 heteroatoms. The summed E-state index contributed by atoms with van der Waals surface area (Å²) in [5.41, 5.74) is 0.974. The molecule has 0 saturated carbocycles. The molecule has 0 aliphatic carbocycles. The van der Waals surface area contributed by atoms with E-state index in [1.54, 1.807) is 12.0 Å². The van der Waals surface area contributed by atoms with Crippen molar-refractivity contribution in [3.05, 3.63) is 28.2 Å². The van der Waals surface area contributed by atoms with Crippen molar-refractivity contribution in [2.24, 2.45) is 0 Å². The van der Waals surface area contributed by atoms with Gasteiger partial charge in [0.05, 0.1) is 18.9 Å². The predicted molar refractivity (Wildman–Crippen MR) is 98.7 cm³/mol. The first-order valence-electron chi connectivity index (χ1n) is 8.08. The molecular formula is C17H19BrN2O4S. The van der Waals surface area contributed by atoms with Crippen LogP contribution in [0.3, 0.4) is 0 Å². The van der Waals surface area contributed by atoms with E-state index in [9.17, 15) is 14.4 Å². The Hall–Kier alpha value is -1.54.